The van der Waals surface area contributed by atoms with Crippen LogP contribution in [0.4, 0.5) is 0 Å². The minimum Gasteiger partial charge on any atom is -0.147 e. The van der Waals surface area contributed by atoms with E-state index in [-0.39, 0.29) is 104 Å². The maximum Gasteiger partial charge on any atom is 2.00 e. The van der Waals surface area contributed by atoms with Crippen LogP contribution < -0.4 is 18.9 Å². The van der Waals surface area contributed by atoms with Crippen molar-refractivity contribution in [1.29, 1.82) is 0 Å². The second-order valence-electron chi connectivity index (χ2n) is 0. The molecule has 0 aromatic heterocycles. The van der Waals surface area contributed by atoms with Crippen molar-refractivity contribution in [2.24, 2.45) is 0 Å². The third-order valence-corrected chi connectivity index (χ3v) is 0. The molecule has 0 radical (unpaired) electrons. The Hall–Kier alpha value is 3.19. The van der Waals surface area contributed by atoms with E-state index >= 15 is 0 Å². The van der Waals surface area contributed by atoms with E-state index in [2.05, 4.69) is 0 Å². The molecule has 0 amide bonds. The molecule has 0 unspecified atom stereocenters. The molecule has 16 valence electrons. The predicted molar refractivity (Wildman–Crippen MR) is 28.4 cm³/mol. The van der Waals surface area contributed by atoms with Crippen LogP contribution in [0.25, 0.3) is 0 Å². The Balaban J connectivity index is 0. The number of rotatable bonds is 0. The van der Waals surface area contributed by atoms with Gasteiger partial charge >= 0.3 is 67.7 Å². The summed E-state index contributed by atoms with van der Waals surface area (Å²) in [4.78, 5) is 0. The van der Waals surface area contributed by atoms with Crippen molar-refractivity contribution in [3.8, 4) is 0 Å². The van der Waals surface area contributed by atoms with Gasteiger partial charge in [-0.25, -0.2) is 0 Å². The van der Waals surface area contributed by atoms with Crippen LogP contribution in [-0.4, -0.2) is 48.9 Å². The zero-order chi connectivity index (χ0) is 0. The SMILES string of the molecule is Cl.I.[Ba+2].[Li+]. The Morgan fingerprint density at radius 1 is 1.00 bits per heavy atom. The van der Waals surface area contributed by atoms with Gasteiger partial charge in [0.2, 0.25) is 0 Å². The molecule has 4 heteroatoms. The van der Waals surface area contributed by atoms with Crippen molar-refractivity contribution in [3.05, 3.63) is 0 Å². The summed E-state index contributed by atoms with van der Waals surface area (Å²) < 4.78 is 0. The third kappa shape index (κ3) is 8.95. The van der Waals surface area contributed by atoms with Crippen molar-refractivity contribution in [1.82, 2.24) is 0 Å². The molecule has 0 bridgehead atoms. The maximum absolute atomic E-state index is 0. The van der Waals surface area contributed by atoms with E-state index in [1.807, 2.05) is 0 Å². The minimum absolute atomic E-state index is 0. The fourth-order valence-electron chi connectivity index (χ4n) is 0. The number of halogens is 2. The fourth-order valence-corrected chi connectivity index (χ4v) is 0. The smallest absolute Gasteiger partial charge is 0.147 e. The first-order valence-electron chi connectivity index (χ1n) is 0. The molecule has 4 heavy (non-hydrogen) atoms. The summed E-state index contributed by atoms with van der Waals surface area (Å²) in [7, 11) is 0. The molecule has 0 aliphatic rings. The largest absolute Gasteiger partial charge is 2.00 e. The minimum atomic E-state index is 0. The van der Waals surface area contributed by atoms with E-state index in [0.29, 0.717) is 0 Å². The molecule has 0 aliphatic carbocycles. The molecule has 0 saturated carbocycles. The predicted octanol–water partition coefficient (Wildman–Crippen LogP) is -2.34. The molecular weight excluding hydrogens is 307 g/mol. The summed E-state index contributed by atoms with van der Waals surface area (Å²) in [6, 6.07) is 0. The first-order valence-corrected chi connectivity index (χ1v) is 0. The van der Waals surface area contributed by atoms with E-state index in [1.54, 1.807) is 0 Å². The Kier molecular flexibility index (Phi) is 111. The zero-order valence-corrected chi connectivity index (χ0v) is 10.1. The molecule has 0 aromatic carbocycles. The van der Waals surface area contributed by atoms with Gasteiger partial charge in [0.15, 0.2) is 0 Å². The molecule has 0 nitrogen and oxygen atoms in total. The van der Waals surface area contributed by atoms with Gasteiger partial charge in [-0.1, -0.05) is 0 Å². The van der Waals surface area contributed by atoms with Gasteiger partial charge in [0.25, 0.3) is 0 Å². The first kappa shape index (κ1) is 27.1. The normalized spacial score (nSPS) is 0. The Morgan fingerprint density at radius 2 is 1.00 bits per heavy atom. The van der Waals surface area contributed by atoms with Gasteiger partial charge in [0.1, 0.15) is 0 Å². The van der Waals surface area contributed by atoms with Crippen LogP contribution in [0.2, 0.25) is 0 Å². The third-order valence-electron chi connectivity index (χ3n) is 0. The summed E-state index contributed by atoms with van der Waals surface area (Å²) in [5.41, 5.74) is 0. The second-order valence-corrected chi connectivity index (χ2v) is 0. The van der Waals surface area contributed by atoms with Crippen LogP contribution in [-0.2, 0) is 0 Å². The van der Waals surface area contributed by atoms with Gasteiger partial charge in [-0.15, -0.1) is 36.4 Å². The molecule has 0 heterocycles. The van der Waals surface area contributed by atoms with Crippen molar-refractivity contribution in [2.45, 2.75) is 0 Å². The average Bonchev–Trinajstić information content (AvgIpc) is 0. The van der Waals surface area contributed by atoms with Crippen LogP contribution in [0.3, 0.4) is 0 Å². The van der Waals surface area contributed by atoms with Crippen LogP contribution in [0, 0.1) is 0 Å². The van der Waals surface area contributed by atoms with Crippen LogP contribution in [0.5, 0.6) is 0 Å². The van der Waals surface area contributed by atoms with Crippen molar-refractivity contribution in [2.75, 3.05) is 0 Å². The van der Waals surface area contributed by atoms with Crippen molar-refractivity contribution < 1.29 is 18.9 Å². The van der Waals surface area contributed by atoms with Crippen LogP contribution >= 0.6 is 36.4 Å². The standard InChI is InChI=1S/Ba.ClH.HI.Li/h;2*1H;/q+2;;;+1. The average molecular weight is 309 g/mol. The van der Waals surface area contributed by atoms with E-state index in [0.717, 1.165) is 0 Å². The summed E-state index contributed by atoms with van der Waals surface area (Å²) in [5.74, 6) is 0. The first-order chi connectivity index (χ1) is 0. The molecule has 0 saturated heterocycles. The van der Waals surface area contributed by atoms with E-state index < -0.39 is 0 Å². The van der Waals surface area contributed by atoms with Gasteiger partial charge < -0.3 is 0 Å². The molecular formula is H2BaClILi+3. The van der Waals surface area contributed by atoms with E-state index in [9.17, 15) is 0 Å². The van der Waals surface area contributed by atoms with Gasteiger partial charge in [0, 0.05) is 0 Å². The molecule has 0 fully saturated rings. The van der Waals surface area contributed by atoms with Gasteiger partial charge in [-0.05, 0) is 0 Å². The molecule has 0 aliphatic heterocycles. The summed E-state index contributed by atoms with van der Waals surface area (Å²) in [5, 5.41) is 0. The summed E-state index contributed by atoms with van der Waals surface area (Å²) in [6.45, 7) is 0. The van der Waals surface area contributed by atoms with E-state index in [1.165, 1.54) is 0 Å². The summed E-state index contributed by atoms with van der Waals surface area (Å²) in [6.07, 6.45) is 0. The second kappa shape index (κ2) is 16.4. The Bertz CT molecular complexity index is 8.00. The topological polar surface area (TPSA) is 0 Å². The van der Waals surface area contributed by atoms with Gasteiger partial charge in [0.05, 0.1) is 0 Å². The maximum atomic E-state index is 0. The molecule has 0 rings (SSSR count). The molecule has 0 spiro atoms. The van der Waals surface area contributed by atoms with Crippen molar-refractivity contribution in [3.63, 3.8) is 0 Å². The Labute approximate surface area is 102 Å². The quantitative estimate of drug-likeness (QED) is 0.348. The van der Waals surface area contributed by atoms with Crippen LogP contribution in [0.15, 0.2) is 0 Å². The van der Waals surface area contributed by atoms with Crippen molar-refractivity contribution >= 4 is 85.3 Å². The number of hydrogen-bond donors (Lipinski definition) is 0. The number of hydrogen-bond acceptors (Lipinski definition) is 0. The summed E-state index contributed by atoms with van der Waals surface area (Å²) >= 11 is 0. The van der Waals surface area contributed by atoms with Crippen LogP contribution in [0.1, 0.15) is 0 Å². The fraction of sp³-hybridized carbons (Fsp3) is 0. The van der Waals surface area contributed by atoms with E-state index in [4.69, 9.17) is 0 Å². The molecule has 0 aromatic rings. The Morgan fingerprint density at radius 3 is 1.00 bits per heavy atom. The molecule has 0 N–H and O–H groups in total. The van der Waals surface area contributed by atoms with Gasteiger partial charge in [-0.2, -0.15) is 0 Å². The monoisotopic (exact) mass is 309 g/mol. The molecule has 0 atom stereocenters. The zero-order valence-electron chi connectivity index (χ0n) is 2.52. The van der Waals surface area contributed by atoms with Gasteiger partial charge in [-0.3, -0.25) is 0 Å².